The summed E-state index contributed by atoms with van der Waals surface area (Å²) in [6.45, 7) is 4.80. The number of aryl methyl sites for hydroxylation is 1. The van der Waals surface area contributed by atoms with E-state index in [4.69, 9.17) is 0 Å². The quantitative estimate of drug-likeness (QED) is 0.762. The molecule has 5 heteroatoms. The van der Waals surface area contributed by atoms with E-state index in [2.05, 4.69) is 22.4 Å². The highest BCUT2D eigenvalue weighted by atomic mass is 15.3. The summed E-state index contributed by atoms with van der Waals surface area (Å²) in [6.07, 6.45) is 4.94. The van der Waals surface area contributed by atoms with Gasteiger partial charge in [-0.2, -0.15) is 10.2 Å². The summed E-state index contributed by atoms with van der Waals surface area (Å²) in [5, 5.41) is 12.1. The van der Waals surface area contributed by atoms with Gasteiger partial charge in [-0.3, -0.25) is 9.36 Å². The molecular formula is C12H19N5. The van der Waals surface area contributed by atoms with Gasteiger partial charge in [0, 0.05) is 26.0 Å². The Labute approximate surface area is 101 Å². The smallest absolute Gasteiger partial charge is 0.0853 e. The molecule has 0 amide bonds. The van der Waals surface area contributed by atoms with Crippen molar-refractivity contribution in [2.75, 3.05) is 6.54 Å². The number of nitrogens with one attached hydrogen (secondary N) is 1. The van der Waals surface area contributed by atoms with Crippen LogP contribution in [0, 0.1) is 0 Å². The second-order valence-corrected chi connectivity index (χ2v) is 4.14. The van der Waals surface area contributed by atoms with Crippen LogP contribution < -0.4 is 5.32 Å². The van der Waals surface area contributed by atoms with Crippen molar-refractivity contribution >= 4 is 0 Å². The standard InChI is InChI=1S/C12H19N5/c1-3-6-13-9-12-4-7-14-17(12)10-11-5-8-16(2)15-11/h4-5,7-8,13H,3,6,9-10H2,1-2H3. The Balaban J connectivity index is 1.98. The summed E-state index contributed by atoms with van der Waals surface area (Å²) in [5.41, 5.74) is 2.23. The molecule has 2 aromatic rings. The maximum absolute atomic E-state index is 4.36. The molecule has 92 valence electrons. The van der Waals surface area contributed by atoms with Crippen LogP contribution in [0.2, 0.25) is 0 Å². The van der Waals surface area contributed by atoms with Gasteiger partial charge in [0.2, 0.25) is 0 Å². The van der Waals surface area contributed by atoms with Gasteiger partial charge in [0.25, 0.3) is 0 Å². The van der Waals surface area contributed by atoms with Crippen molar-refractivity contribution in [3.63, 3.8) is 0 Å². The predicted octanol–water partition coefficient (Wildman–Crippen LogP) is 1.16. The average Bonchev–Trinajstić information content (AvgIpc) is 2.90. The maximum Gasteiger partial charge on any atom is 0.0853 e. The molecule has 0 aliphatic carbocycles. The average molecular weight is 233 g/mol. The minimum Gasteiger partial charge on any atom is -0.311 e. The zero-order valence-electron chi connectivity index (χ0n) is 10.4. The minimum atomic E-state index is 0.733. The molecule has 0 saturated heterocycles. The molecule has 17 heavy (non-hydrogen) atoms. The Kier molecular flexibility index (Phi) is 3.93. The Morgan fingerprint density at radius 3 is 2.94 bits per heavy atom. The van der Waals surface area contributed by atoms with Gasteiger partial charge >= 0.3 is 0 Å². The van der Waals surface area contributed by atoms with Crippen molar-refractivity contribution in [2.24, 2.45) is 7.05 Å². The first-order chi connectivity index (χ1) is 8.29. The summed E-state index contributed by atoms with van der Waals surface area (Å²) in [7, 11) is 1.93. The van der Waals surface area contributed by atoms with E-state index in [0.29, 0.717) is 0 Å². The van der Waals surface area contributed by atoms with Crippen LogP contribution in [0.4, 0.5) is 0 Å². The van der Waals surface area contributed by atoms with Crippen molar-refractivity contribution in [2.45, 2.75) is 26.4 Å². The SMILES string of the molecule is CCCNCc1ccnn1Cc1ccn(C)n1. The van der Waals surface area contributed by atoms with Gasteiger partial charge < -0.3 is 5.32 Å². The van der Waals surface area contributed by atoms with E-state index in [0.717, 1.165) is 31.7 Å². The molecule has 0 atom stereocenters. The van der Waals surface area contributed by atoms with Crippen LogP contribution in [0.3, 0.4) is 0 Å². The fourth-order valence-electron chi connectivity index (χ4n) is 1.75. The number of rotatable bonds is 6. The third-order valence-electron chi connectivity index (χ3n) is 2.62. The van der Waals surface area contributed by atoms with Crippen molar-refractivity contribution < 1.29 is 0 Å². The lowest BCUT2D eigenvalue weighted by Gasteiger charge is -2.06. The molecular weight excluding hydrogens is 214 g/mol. The molecule has 0 bridgehead atoms. The van der Waals surface area contributed by atoms with Gasteiger partial charge in [0.05, 0.1) is 17.9 Å². The highest BCUT2D eigenvalue weighted by Crippen LogP contribution is 2.03. The molecule has 5 nitrogen and oxygen atoms in total. The molecule has 0 saturated carbocycles. The minimum absolute atomic E-state index is 0.733. The highest BCUT2D eigenvalue weighted by Gasteiger charge is 2.04. The molecule has 0 fully saturated rings. The van der Waals surface area contributed by atoms with E-state index in [1.54, 1.807) is 0 Å². The Morgan fingerprint density at radius 1 is 1.35 bits per heavy atom. The molecule has 2 rings (SSSR count). The van der Waals surface area contributed by atoms with Crippen LogP contribution in [0.25, 0.3) is 0 Å². The maximum atomic E-state index is 4.36. The van der Waals surface area contributed by atoms with E-state index < -0.39 is 0 Å². The predicted molar refractivity (Wildman–Crippen MR) is 66.5 cm³/mol. The van der Waals surface area contributed by atoms with E-state index >= 15 is 0 Å². The van der Waals surface area contributed by atoms with Crippen molar-refractivity contribution in [3.05, 3.63) is 35.9 Å². The first-order valence-corrected chi connectivity index (χ1v) is 5.99. The van der Waals surface area contributed by atoms with Gasteiger partial charge in [-0.1, -0.05) is 6.92 Å². The molecule has 2 heterocycles. The highest BCUT2D eigenvalue weighted by molar-refractivity contribution is 5.05. The third kappa shape index (κ3) is 3.17. The molecule has 0 aliphatic rings. The molecule has 2 aromatic heterocycles. The molecule has 0 aliphatic heterocycles. The van der Waals surface area contributed by atoms with Crippen LogP contribution >= 0.6 is 0 Å². The summed E-state index contributed by atoms with van der Waals surface area (Å²) in [4.78, 5) is 0. The lowest BCUT2D eigenvalue weighted by Crippen LogP contribution is -2.17. The second-order valence-electron chi connectivity index (χ2n) is 4.14. The largest absolute Gasteiger partial charge is 0.311 e. The monoisotopic (exact) mass is 233 g/mol. The zero-order chi connectivity index (χ0) is 12.1. The summed E-state index contributed by atoms with van der Waals surface area (Å²) in [6, 6.07) is 4.07. The number of aromatic nitrogens is 4. The van der Waals surface area contributed by atoms with Crippen LogP contribution in [0.15, 0.2) is 24.5 Å². The van der Waals surface area contributed by atoms with Gasteiger partial charge in [-0.05, 0) is 25.1 Å². The van der Waals surface area contributed by atoms with E-state index in [9.17, 15) is 0 Å². The number of hydrogen-bond donors (Lipinski definition) is 1. The topological polar surface area (TPSA) is 47.7 Å². The van der Waals surface area contributed by atoms with Crippen molar-refractivity contribution in [1.29, 1.82) is 0 Å². The van der Waals surface area contributed by atoms with Crippen molar-refractivity contribution in [1.82, 2.24) is 24.9 Å². The zero-order valence-corrected chi connectivity index (χ0v) is 10.4. The Bertz CT molecular complexity index is 457. The molecule has 0 aromatic carbocycles. The number of nitrogens with zero attached hydrogens (tertiary/aromatic N) is 4. The van der Waals surface area contributed by atoms with Crippen LogP contribution in [-0.4, -0.2) is 26.1 Å². The fourth-order valence-corrected chi connectivity index (χ4v) is 1.75. The molecule has 1 N–H and O–H groups in total. The molecule has 0 spiro atoms. The first-order valence-electron chi connectivity index (χ1n) is 5.99. The normalized spacial score (nSPS) is 10.9. The Morgan fingerprint density at radius 2 is 2.24 bits per heavy atom. The number of hydrogen-bond acceptors (Lipinski definition) is 3. The van der Waals surface area contributed by atoms with Crippen LogP contribution in [0.1, 0.15) is 24.7 Å². The van der Waals surface area contributed by atoms with Crippen LogP contribution in [0.5, 0.6) is 0 Å². The van der Waals surface area contributed by atoms with Gasteiger partial charge in [0.1, 0.15) is 0 Å². The van der Waals surface area contributed by atoms with E-state index in [1.807, 2.05) is 40.9 Å². The second kappa shape index (κ2) is 5.63. The van der Waals surface area contributed by atoms with Crippen LogP contribution in [-0.2, 0) is 20.1 Å². The molecule has 0 unspecified atom stereocenters. The van der Waals surface area contributed by atoms with Gasteiger partial charge in [-0.15, -0.1) is 0 Å². The summed E-state index contributed by atoms with van der Waals surface area (Å²) >= 11 is 0. The lowest BCUT2D eigenvalue weighted by molar-refractivity contribution is 0.581. The van der Waals surface area contributed by atoms with Crippen molar-refractivity contribution in [3.8, 4) is 0 Å². The third-order valence-corrected chi connectivity index (χ3v) is 2.62. The van der Waals surface area contributed by atoms with E-state index in [-0.39, 0.29) is 0 Å². The Hall–Kier alpha value is -1.62. The summed E-state index contributed by atoms with van der Waals surface area (Å²) < 4.78 is 3.80. The van der Waals surface area contributed by atoms with Gasteiger partial charge in [0.15, 0.2) is 0 Å². The molecule has 0 radical (unpaired) electrons. The fraction of sp³-hybridized carbons (Fsp3) is 0.500. The van der Waals surface area contributed by atoms with Gasteiger partial charge in [-0.25, -0.2) is 0 Å². The first kappa shape index (κ1) is 11.9. The lowest BCUT2D eigenvalue weighted by atomic mass is 10.3. The van der Waals surface area contributed by atoms with E-state index in [1.165, 1.54) is 5.69 Å². The summed E-state index contributed by atoms with van der Waals surface area (Å²) in [5.74, 6) is 0.